The van der Waals surface area contributed by atoms with E-state index in [4.69, 9.17) is 9.72 Å². The Labute approximate surface area is 206 Å². The van der Waals surface area contributed by atoms with Gasteiger partial charge >= 0.3 is 5.97 Å². The van der Waals surface area contributed by atoms with Crippen molar-refractivity contribution in [2.75, 3.05) is 6.61 Å². The minimum Gasteiger partial charge on any atom is -0.458 e. The number of fused-ring (bicyclic) bond motifs is 5. The average molecular weight is 495 g/mol. The largest absolute Gasteiger partial charge is 0.458 e. The third kappa shape index (κ3) is 2.99. The van der Waals surface area contributed by atoms with Crippen LogP contribution in [0, 0.1) is 12.7 Å². The number of ether oxygens (including phenoxy) is 1. The van der Waals surface area contributed by atoms with Crippen molar-refractivity contribution >= 4 is 16.9 Å². The molecule has 4 heterocycles. The predicted octanol–water partition coefficient (Wildman–Crippen LogP) is 2.30. The fraction of sp³-hybridized carbons (Fsp3) is 0.444. The SMILES string of the molecule is CC[C@@]1(O)C(=O)OCc2c1cc1n(c2=O)Cc2c-1nc1cc(F)c(C)c3c1c2[C@@H](C[C@@H](O)CO)CC3. The molecule has 0 unspecified atom stereocenters. The first-order valence-electron chi connectivity index (χ1n) is 12.3. The Hall–Kier alpha value is -3.14. The number of nitrogens with zero attached hydrogens (tertiary/aromatic N) is 2. The van der Waals surface area contributed by atoms with Crippen LogP contribution in [-0.2, 0) is 34.7 Å². The molecule has 0 amide bonds. The normalized spacial score (nSPS) is 22.7. The van der Waals surface area contributed by atoms with Gasteiger partial charge in [-0.3, -0.25) is 4.79 Å². The number of carbonyl (C=O) groups excluding carboxylic acids is 1. The number of halogens is 1. The van der Waals surface area contributed by atoms with Crippen LogP contribution in [0.4, 0.5) is 4.39 Å². The van der Waals surface area contributed by atoms with Gasteiger partial charge in [-0.25, -0.2) is 14.2 Å². The molecule has 36 heavy (non-hydrogen) atoms. The standard InChI is InChI=1S/C27H27FN2O6/c1-3-27(35)18-7-21-24-16(9-30(21)25(33)17(18)11-36-26(27)34)22-13(6-14(32)10-31)4-5-15-12(2)19(28)8-20(29-24)23(15)22/h7-8,13-14,31-32,35H,3-6,9-11H2,1-2H3/t13-,14-,27+/m1/s1. The van der Waals surface area contributed by atoms with Crippen LogP contribution in [0.2, 0.25) is 0 Å². The summed E-state index contributed by atoms with van der Waals surface area (Å²) < 4.78 is 21.6. The zero-order valence-electron chi connectivity index (χ0n) is 20.1. The van der Waals surface area contributed by atoms with Crippen molar-refractivity contribution in [1.82, 2.24) is 9.55 Å². The molecule has 2 aliphatic heterocycles. The number of benzene rings is 1. The number of hydrogen-bond acceptors (Lipinski definition) is 7. The number of aliphatic hydroxyl groups excluding tert-OH is 2. The van der Waals surface area contributed by atoms with Crippen LogP contribution in [-0.4, -0.2) is 43.6 Å². The van der Waals surface area contributed by atoms with Gasteiger partial charge in [0.25, 0.3) is 5.56 Å². The van der Waals surface area contributed by atoms with Gasteiger partial charge in [0.05, 0.1) is 41.7 Å². The molecule has 188 valence electrons. The second-order valence-corrected chi connectivity index (χ2v) is 10.1. The van der Waals surface area contributed by atoms with E-state index in [0.29, 0.717) is 41.7 Å². The Morgan fingerprint density at radius 3 is 2.78 bits per heavy atom. The summed E-state index contributed by atoms with van der Waals surface area (Å²) in [5.74, 6) is -1.25. The fourth-order valence-corrected chi connectivity index (χ4v) is 6.29. The fourth-order valence-electron chi connectivity index (χ4n) is 6.29. The van der Waals surface area contributed by atoms with Gasteiger partial charge < -0.3 is 24.6 Å². The maximum Gasteiger partial charge on any atom is 0.343 e. The molecule has 0 saturated heterocycles. The first kappa shape index (κ1) is 23.3. The van der Waals surface area contributed by atoms with E-state index in [0.717, 1.165) is 22.1 Å². The third-order valence-electron chi connectivity index (χ3n) is 8.26. The van der Waals surface area contributed by atoms with Gasteiger partial charge in [0.2, 0.25) is 0 Å². The molecular formula is C27H27FN2O6. The molecule has 3 atom stereocenters. The third-order valence-corrected chi connectivity index (χ3v) is 8.26. The molecule has 3 N–H and O–H groups in total. The smallest absolute Gasteiger partial charge is 0.343 e. The lowest BCUT2D eigenvalue weighted by Gasteiger charge is -2.31. The maximum atomic E-state index is 14.9. The van der Waals surface area contributed by atoms with E-state index in [9.17, 15) is 29.3 Å². The van der Waals surface area contributed by atoms with Gasteiger partial charge in [-0.2, -0.15) is 0 Å². The van der Waals surface area contributed by atoms with Crippen LogP contribution in [0.1, 0.15) is 65.5 Å². The quantitative estimate of drug-likeness (QED) is 0.372. The van der Waals surface area contributed by atoms with Crippen molar-refractivity contribution in [3.8, 4) is 11.4 Å². The van der Waals surface area contributed by atoms with Crippen molar-refractivity contribution in [2.24, 2.45) is 0 Å². The Balaban J connectivity index is 1.66. The number of carbonyl (C=O) groups is 1. The number of rotatable bonds is 4. The number of aryl methyl sites for hydroxylation is 1. The zero-order chi connectivity index (χ0) is 25.5. The number of aromatic nitrogens is 2. The Bertz CT molecular complexity index is 1530. The van der Waals surface area contributed by atoms with E-state index < -0.39 is 17.7 Å². The highest BCUT2D eigenvalue weighted by Gasteiger charge is 2.46. The lowest BCUT2D eigenvalue weighted by atomic mass is 9.76. The van der Waals surface area contributed by atoms with E-state index in [2.05, 4.69) is 0 Å². The lowest BCUT2D eigenvalue weighted by Crippen LogP contribution is -2.44. The molecule has 0 spiro atoms. The summed E-state index contributed by atoms with van der Waals surface area (Å²) in [6.45, 7) is 3.05. The van der Waals surface area contributed by atoms with Gasteiger partial charge in [-0.1, -0.05) is 6.92 Å². The van der Waals surface area contributed by atoms with Crippen molar-refractivity contribution in [3.05, 3.63) is 61.7 Å². The van der Waals surface area contributed by atoms with Crippen LogP contribution in [0.3, 0.4) is 0 Å². The summed E-state index contributed by atoms with van der Waals surface area (Å²) in [4.78, 5) is 30.8. The van der Waals surface area contributed by atoms with E-state index in [1.54, 1.807) is 24.5 Å². The van der Waals surface area contributed by atoms with Crippen molar-refractivity contribution in [3.63, 3.8) is 0 Å². The molecule has 0 saturated carbocycles. The Morgan fingerprint density at radius 1 is 1.28 bits per heavy atom. The number of hydrogen-bond donors (Lipinski definition) is 3. The molecule has 0 radical (unpaired) electrons. The van der Waals surface area contributed by atoms with Gasteiger partial charge in [0.15, 0.2) is 5.60 Å². The van der Waals surface area contributed by atoms with E-state index in [1.165, 1.54) is 6.07 Å². The highest BCUT2D eigenvalue weighted by molar-refractivity contribution is 5.93. The Morgan fingerprint density at radius 2 is 2.06 bits per heavy atom. The molecule has 3 aliphatic rings. The number of pyridine rings is 2. The molecule has 1 aromatic carbocycles. The molecular weight excluding hydrogens is 467 g/mol. The second kappa shape index (κ2) is 7.93. The maximum absolute atomic E-state index is 14.9. The minimum atomic E-state index is -1.93. The zero-order valence-corrected chi connectivity index (χ0v) is 20.1. The molecule has 9 heteroatoms. The molecule has 1 aliphatic carbocycles. The predicted molar refractivity (Wildman–Crippen MR) is 128 cm³/mol. The molecule has 2 aromatic heterocycles. The van der Waals surface area contributed by atoms with Crippen LogP contribution < -0.4 is 5.56 Å². The second-order valence-electron chi connectivity index (χ2n) is 10.1. The lowest BCUT2D eigenvalue weighted by molar-refractivity contribution is -0.172. The van der Waals surface area contributed by atoms with Crippen LogP contribution in [0.5, 0.6) is 0 Å². The number of esters is 1. The van der Waals surface area contributed by atoms with Crippen molar-refractivity contribution < 1.29 is 29.2 Å². The summed E-state index contributed by atoms with van der Waals surface area (Å²) in [7, 11) is 0. The minimum absolute atomic E-state index is 0.0416. The molecule has 0 bridgehead atoms. The highest BCUT2D eigenvalue weighted by Crippen LogP contribution is 2.47. The Kier molecular flexibility index (Phi) is 5.13. The van der Waals surface area contributed by atoms with E-state index in [-0.39, 0.29) is 54.6 Å². The van der Waals surface area contributed by atoms with Crippen molar-refractivity contribution in [2.45, 2.75) is 70.3 Å². The summed E-state index contributed by atoms with van der Waals surface area (Å²) in [5, 5.41) is 31.7. The van der Waals surface area contributed by atoms with Gasteiger partial charge in [0, 0.05) is 22.6 Å². The van der Waals surface area contributed by atoms with Gasteiger partial charge in [0.1, 0.15) is 12.4 Å². The monoisotopic (exact) mass is 494 g/mol. The first-order valence-corrected chi connectivity index (χ1v) is 12.3. The van der Waals surface area contributed by atoms with E-state index >= 15 is 0 Å². The topological polar surface area (TPSA) is 122 Å². The average Bonchev–Trinajstić information content (AvgIpc) is 3.24. The molecule has 6 rings (SSSR count). The van der Waals surface area contributed by atoms with Crippen LogP contribution in [0.15, 0.2) is 16.9 Å². The van der Waals surface area contributed by atoms with Crippen LogP contribution in [0.25, 0.3) is 22.3 Å². The summed E-state index contributed by atoms with van der Waals surface area (Å²) in [5.41, 5.74) is 2.80. The van der Waals surface area contributed by atoms with Gasteiger partial charge in [-0.05, 0) is 61.3 Å². The van der Waals surface area contributed by atoms with Crippen LogP contribution >= 0.6 is 0 Å². The van der Waals surface area contributed by atoms with Gasteiger partial charge in [-0.15, -0.1) is 0 Å². The molecule has 3 aromatic rings. The molecule has 8 nitrogen and oxygen atoms in total. The summed E-state index contributed by atoms with van der Waals surface area (Å²) >= 11 is 0. The molecule has 0 fully saturated rings. The first-order chi connectivity index (χ1) is 17.2. The number of aliphatic hydroxyl groups is 3. The summed E-state index contributed by atoms with van der Waals surface area (Å²) in [6.07, 6.45) is 0.760. The van der Waals surface area contributed by atoms with Crippen molar-refractivity contribution in [1.29, 1.82) is 0 Å². The van der Waals surface area contributed by atoms with E-state index in [1.807, 2.05) is 0 Å². The highest BCUT2D eigenvalue weighted by atomic mass is 19.1. The summed E-state index contributed by atoms with van der Waals surface area (Å²) in [6, 6.07) is 3.05. The number of cyclic esters (lactones) is 1.